The van der Waals surface area contributed by atoms with Crippen LogP contribution in [0.4, 0.5) is 5.82 Å². The fourth-order valence-corrected chi connectivity index (χ4v) is 1.84. The maximum atomic E-state index is 11.9. The van der Waals surface area contributed by atoms with E-state index < -0.39 is 6.04 Å². The number of hydrogen-bond acceptors (Lipinski definition) is 5. The van der Waals surface area contributed by atoms with E-state index >= 15 is 0 Å². The molecule has 1 aromatic heterocycles. The van der Waals surface area contributed by atoms with Crippen molar-refractivity contribution < 1.29 is 9.90 Å². The van der Waals surface area contributed by atoms with Gasteiger partial charge in [0.2, 0.25) is 5.91 Å². The molecule has 6 N–H and O–H groups in total. The normalized spacial score (nSPS) is 11.9. The Labute approximate surface area is 122 Å². The van der Waals surface area contributed by atoms with Gasteiger partial charge in [-0.25, -0.2) is 4.98 Å². The van der Waals surface area contributed by atoms with Crippen LogP contribution in [0.25, 0.3) is 0 Å². The summed E-state index contributed by atoms with van der Waals surface area (Å²) in [5.41, 5.74) is 13.1. The summed E-state index contributed by atoms with van der Waals surface area (Å²) in [5, 5.41) is 12.0. The Kier molecular flexibility index (Phi) is 4.73. The maximum absolute atomic E-state index is 11.9. The number of pyridine rings is 1. The van der Waals surface area contributed by atoms with Crippen molar-refractivity contribution in [1.29, 1.82) is 0 Å². The summed E-state index contributed by atoms with van der Waals surface area (Å²) in [4.78, 5) is 15.9. The third kappa shape index (κ3) is 4.47. The molecule has 0 spiro atoms. The van der Waals surface area contributed by atoms with Crippen LogP contribution < -0.4 is 16.8 Å². The van der Waals surface area contributed by atoms with E-state index in [2.05, 4.69) is 10.3 Å². The van der Waals surface area contributed by atoms with Gasteiger partial charge in [-0.3, -0.25) is 4.79 Å². The summed E-state index contributed by atoms with van der Waals surface area (Å²) in [6, 6.07) is 9.46. The number of phenols is 1. The van der Waals surface area contributed by atoms with Crippen LogP contribution >= 0.6 is 0 Å². The number of hydrogen-bond donors (Lipinski definition) is 4. The second-order valence-electron chi connectivity index (χ2n) is 4.79. The summed E-state index contributed by atoms with van der Waals surface area (Å²) in [5.74, 6) is 0.390. The van der Waals surface area contributed by atoms with E-state index in [9.17, 15) is 9.90 Å². The standard InChI is InChI=1S/C15H18N4O2/c16-13(7-10-1-4-12(20)5-2-10)15(21)19-9-11-3-6-14(17)18-8-11/h1-6,8,13,20H,7,9,16H2,(H2,17,18)(H,19,21)/t13-/m0/s1. The minimum absolute atomic E-state index is 0.188. The second kappa shape index (κ2) is 6.71. The molecule has 0 aliphatic rings. The van der Waals surface area contributed by atoms with Gasteiger partial charge in [-0.15, -0.1) is 0 Å². The average molecular weight is 286 g/mol. The van der Waals surface area contributed by atoms with E-state index in [1.807, 2.05) is 0 Å². The molecule has 2 rings (SSSR count). The molecule has 6 heteroatoms. The predicted octanol–water partition coefficient (Wildman–Crippen LogP) is 0.556. The fraction of sp³-hybridized carbons (Fsp3) is 0.200. The van der Waals surface area contributed by atoms with Gasteiger partial charge in [-0.2, -0.15) is 0 Å². The number of nitrogens with zero attached hydrogens (tertiary/aromatic N) is 1. The van der Waals surface area contributed by atoms with Gasteiger partial charge in [0, 0.05) is 12.7 Å². The number of anilines is 1. The van der Waals surface area contributed by atoms with Crippen LogP contribution in [0, 0.1) is 0 Å². The minimum atomic E-state index is -0.642. The number of aromatic nitrogens is 1. The number of nitrogens with two attached hydrogens (primary N) is 2. The second-order valence-corrected chi connectivity index (χ2v) is 4.79. The van der Waals surface area contributed by atoms with Gasteiger partial charge in [-0.05, 0) is 35.7 Å². The maximum Gasteiger partial charge on any atom is 0.237 e. The zero-order chi connectivity index (χ0) is 15.2. The number of aromatic hydroxyl groups is 1. The molecule has 1 amide bonds. The Hall–Kier alpha value is -2.60. The molecular formula is C15H18N4O2. The molecule has 0 aliphatic carbocycles. The highest BCUT2D eigenvalue weighted by Gasteiger charge is 2.13. The number of carbonyl (C=O) groups is 1. The molecule has 0 aliphatic heterocycles. The van der Waals surface area contributed by atoms with Crippen LogP contribution in [-0.4, -0.2) is 22.0 Å². The number of carbonyl (C=O) groups excluding carboxylic acids is 1. The van der Waals surface area contributed by atoms with Crippen molar-refractivity contribution >= 4 is 11.7 Å². The van der Waals surface area contributed by atoms with Crippen molar-refractivity contribution in [3.8, 4) is 5.75 Å². The Morgan fingerprint density at radius 1 is 1.19 bits per heavy atom. The van der Waals surface area contributed by atoms with Gasteiger partial charge in [-0.1, -0.05) is 18.2 Å². The number of nitrogens with one attached hydrogen (secondary N) is 1. The zero-order valence-corrected chi connectivity index (χ0v) is 11.5. The molecule has 1 aromatic carbocycles. The molecule has 6 nitrogen and oxygen atoms in total. The Morgan fingerprint density at radius 2 is 1.86 bits per heavy atom. The number of rotatable bonds is 5. The molecule has 110 valence electrons. The third-order valence-corrected chi connectivity index (χ3v) is 3.04. The van der Waals surface area contributed by atoms with Crippen molar-refractivity contribution in [2.75, 3.05) is 5.73 Å². The zero-order valence-electron chi connectivity index (χ0n) is 11.5. The smallest absolute Gasteiger partial charge is 0.237 e. The van der Waals surface area contributed by atoms with E-state index in [-0.39, 0.29) is 11.7 Å². The van der Waals surface area contributed by atoms with E-state index in [0.717, 1.165) is 11.1 Å². The van der Waals surface area contributed by atoms with Crippen molar-refractivity contribution in [3.63, 3.8) is 0 Å². The van der Waals surface area contributed by atoms with E-state index in [4.69, 9.17) is 11.5 Å². The monoisotopic (exact) mass is 286 g/mol. The van der Waals surface area contributed by atoms with E-state index in [1.165, 1.54) is 0 Å². The lowest BCUT2D eigenvalue weighted by molar-refractivity contribution is -0.122. The molecule has 2 aromatic rings. The highest BCUT2D eigenvalue weighted by atomic mass is 16.3. The molecule has 21 heavy (non-hydrogen) atoms. The fourth-order valence-electron chi connectivity index (χ4n) is 1.84. The summed E-state index contributed by atoms with van der Waals surface area (Å²) < 4.78 is 0. The van der Waals surface area contributed by atoms with Crippen LogP contribution in [0.5, 0.6) is 5.75 Å². The molecule has 0 fully saturated rings. The highest BCUT2D eigenvalue weighted by Crippen LogP contribution is 2.11. The summed E-state index contributed by atoms with van der Waals surface area (Å²) >= 11 is 0. The SMILES string of the molecule is Nc1ccc(CNC(=O)[C@@H](N)Cc2ccc(O)cc2)cn1. The van der Waals surface area contributed by atoms with Gasteiger partial charge in [0.05, 0.1) is 6.04 Å². The molecule has 1 heterocycles. The third-order valence-electron chi connectivity index (χ3n) is 3.04. The Bertz CT molecular complexity index is 596. The van der Waals surface area contributed by atoms with Gasteiger partial charge in [0.1, 0.15) is 11.6 Å². The van der Waals surface area contributed by atoms with Crippen molar-refractivity contribution in [2.45, 2.75) is 19.0 Å². The quantitative estimate of drug-likeness (QED) is 0.641. The van der Waals surface area contributed by atoms with Gasteiger partial charge < -0.3 is 21.9 Å². The Balaban J connectivity index is 1.84. The first-order chi connectivity index (χ1) is 10.0. The van der Waals surface area contributed by atoms with E-state index in [1.54, 1.807) is 42.6 Å². The lowest BCUT2D eigenvalue weighted by atomic mass is 10.1. The highest BCUT2D eigenvalue weighted by molar-refractivity contribution is 5.81. The van der Waals surface area contributed by atoms with Crippen LogP contribution in [0.3, 0.4) is 0 Å². The molecule has 0 saturated heterocycles. The van der Waals surface area contributed by atoms with Crippen LogP contribution in [-0.2, 0) is 17.8 Å². The topological polar surface area (TPSA) is 114 Å². The number of benzene rings is 1. The number of nitrogen functional groups attached to an aromatic ring is 1. The van der Waals surface area contributed by atoms with Crippen molar-refractivity contribution in [3.05, 3.63) is 53.7 Å². The summed E-state index contributed by atoms with van der Waals surface area (Å²) in [6.45, 7) is 0.357. The Morgan fingerprint density at radius 3 is 2.48 bits per heavy atom. The van der Waals surface area contributed by atoms with Gasteiger partial charge in [0.25, 0.3) is 0 Å². The molecule has 0 radical (unpaired) electrons. The lowest BCUT2D eigenvalue weighted by Gasteiger charge is -2.12. The lowest BCUT2D eigenvalue weighted by Crippen LogP contribution is -2.41. The van der Waals surface area contributed by atoms with Gasteiger partial charge in [0.15, 0.2) is 0 Å². The number of phenolic OH excluding ortho intramolecular Hbond substituents is 1. The molecular weight excluding hydrogens is 268 g/mol. The van der Waals surface area contributed by atoms with Crippen LogP contribution in [0.1, 0.15) is 11.1 Å². The first-order valence-electron chi connectivity index (χ1n) is 6.56. The van der Waals surface area contributed by atoms with Crippen molar-refractivity contribution in [2.24, 2.45) is 5.73 Å². The molecule has 1 atom stereocenters. The summed E-state index contributed by atoms with van der Waals surface area (Å²) in [6.07, 6.45) is 2.02. The van der Waals surface area contributed by atoms with Crippen LogP contribution in [0.2, 0.25) is 0 Å². The number of amides is 1. The summed E-state index contributed by atoms with van der Waals surface area (Å²) in [7, 11) is 0. The van der Waals surface area contributed by atoms with Gasteiger partial charge >= 0.3 is 0 Å². The molecule has 0 bridgehead atoms. The largest absolute Gasteiger partial charge is 0.508 e. The molecule has 0 saturated carbocycles. The first kappa shape index (κ1) is 14.8. The van der Waals surface area contributed by atoms with E-state index in [0.29, 0.717) is 18.8 Å². The molecule has 0 unspecified atom stereocenters. The minimum Gasteiger partial charge on any atom is -0.508 e. The average Bonchev–Trinajstić information content (AvgIpc) is 2.48. The predicted molar refractivity (Wildman–Crippen MR) is 80.3 cm³/mol. The van der Waals surface area contributed by atoms with Crippen molar-refractivity contribution in [1.82, 2.24) is 10.3 Å². The first-order valence-corrected chi connectivity index (χ1v) is 6.56. The van der Waals surface area contributed by atoms with Crippen LogP contribution in [0.15, 0.2) is 42.6 Å².